The molecule has 1 fully saturated rings. The fourth-order valence-corrected chi connectivity index (χ4v) is 4.83. The molecule has 6 nitrogen and oxygen atoms in total. The van der Waals surface area contributed by atoms with Crippen LogP contribution in [0.15, 0.2) is 23.1 Å². The Kier molecular flexibility index (Phi) is 4.70. The largest absolute Gasteiger partial charge is 0.330 e. The quantitative estimate of drug-likeness (QED) is 0.772. The molecule has 0 spiro atoms. The van der Waals surface area contributed by atoms with E-state index in [0.717, 1.165) is 31.2 Å². The van der Waals surface area contributed by atoms with E-state index in [0.29, 0.717) is 25.1 Å². The molecule has 1 aromatic rings. The number of aryl methyl sites for hydroxylation is 1. The first-order valence-electron chi connectivity index (χ1n) is 8.15. The third kappa shape index (κ3) is 3.57. The van der Waals surface area contributed by atoms with Crippen LogP contribution in [0.3, 0.4) is 0 Å². The van der Waals surface area contributed by atoms with Crippen molar-refractivity contribution in [2.75, 3.05) is 11.9 Å². The first-order valence-corrected chi connectivity index (χ1v) is 9.63. The zero-order valence-electron chi connectivity index (χ0n) is 13.0. The standard InChI is InChI=1S/C16H23N3O3S/c17-10-12-3-1-2-4-15(12)19-23(21,22)13-6-7-14-11(9-13)5-8-16(20)18-14/h6-7,9,12,15,19H,1-5,8,10,17H2,(H,18,20)/t12-,15-/m0/s1. The lowest BCUT2D eigenvalue weighted by atomic mass is 9.85. The molecule has 2 aliphatic rings. The fourth-order valence-electron chi connectivity index (χ4n) is 3.44. The molecule has 0 unspecified atom stereocenters. The second-order valence-corrected chi connectivity index (χ2v) is 8.09. The Balaban J connectivity index is 1.81. The number of anilines is 1. The Morgan fingerprint density at radius 1 is 1.22 bits per heavy atom. The van der Waals surface area contributed by atoms with E-state index >= 15 is 0 Å². The minimum atomic E-state index is -3.57. The van der Waals surface area contributed by atoms with Crippen molar-refractivity contribution in [3.63, 3.8) is 0 Å². The van der Waals surface area contributed by atoms with Gasteiger partial charge in [0.15, 0.2) is 0 Å². The maximum atomic E-state index is 12.7. The van der Waals surface area contributed by atoms with Crippen molar-refractivity contribution in [2.24, 2.45) is 11.7 Å². The number of carbonyl (C=O) groups is 1. The summed E-state index contributed by atoms with van der Waals surface area (Å²) >= 11 is 0. The van der Waals surface area contributed by atoms with Gasteiger partial charge in [0.2, 0.25) is 15.9 Å². The summed E-state index contributed by atoms with van der Waals surface area (Å²) in [6.07, 6.45) is 4.90. The average molecular weight is 337 g/mol. The van der Waals surface area contributed by atoms with Gasteiger partial charge >= 0.3 is 0 Å². The number of rotatable bonds is 4. The van der Waals surface area contributed by atoms with E-state index in [1.165, 1.54) is 0 Å². The molecule has 126 valence electrons. The number of nitrogens with two attached hydrogens (primary N) is 1. The van der Waals surface area contributed by atoms with Crippen molar-refractivity contribution < 1.29 is 13.2 Å². The van der Waals surface area contributed by atoms with Crippen LogP contribution in [0.25, 0.3) is 0 Å². The summed E-state index contributed by atoms with van der Waals surface area (Å²) in [6, 6.07) is 4.79. The summed E-state index contributed by atoms with van der Waals surface area (Å²) < 4.78 is 28.2. The second-order valence-electron chi connectivity index (χ2n) is 6.38. The Morgan fingerprint density at radius 3 is 2.78 bits per heavy atom. The van der Waals surface area contributed by atoms with Crippen LogP contribution in [0, 0.1) is 5.92 Å². The summed E-state index contributed by atoms with van der Waals surface area (Å²) in [7, 11) is -3.57. The van der Waals surface area contributed by atoms with Gasteiger partial charge in [-0.15, -0.1) is 0 Å². The lowest BCUT2D eigenvalue weighted by molar-refractivity contribution is -0.116. The van der Waals surface area contributed by atoms with E-state index in [1.807, 2.05) is 0 Å². The van der Waals surface area contributed by atoms with E-state index in [2.05, 4.69) is 10.0 Å². The number of hydrogen-bond donors (Lipinski definition) is 3. The predicted molar refractivity (Wildman–Crippen MR) is 88.5 cm³/mol. The Bertz CT molecular complexity index is 703. The molecule has 1 amide bonds. The number of fused-ring (bicyclic) bond motifs is 1. The Morgan fingerprint density at radius 2 is 2.00 bits per heavy atom. The highest BCUT2D eigenvalue weighted by Crippen LogP contribution is 2.28. The topological polar surface area (TPSA) is 101 Å². The van der Waals surface area contributed by atoms with Gasteiger partial charge in [0.25, 0.3) is 0 Å². The van der Waals surface area contributed by atoms with E-state index in [-0.39, 0.29) is 22.8 Å². The van der Waals surface area contributed by atoms with Gasteiger partial charge in [0.1, 0.15) is 0 Å². The third-order valence-electron chi connectivity index (χ3n) is 4.80. The molecule has 4 N–H and O–H groups in total. The van der Waals surface area contributed by atoms with Crippen LogP contribution in [-0.4, -0.2) is 26.9 Å². The van der Waals surface area contributed by atoms with Gasteiger partial charge in [-0.2, -0.15) is 0 Å². The molecule has 0 aromatic heterocycles. The average Bonchev–Trinajstić information content (AvgIpc) is 2.54. The molecule has 1 saturated carbocycles. The molecule has 7 heteroatoms. The predicted octanol–water partition coefficient (Wildman–Crippen LogP) is 1.37. The van der Waals surface area contributed by atoms with E-state index in [1.54, 1.807) is 18.2 Å². The van der Waals surface area contributed by atoms with E-state index < -0.39 is 10.0 Å². The highest BCUT2D eigenvalue weighted by molar-refractivity contribution is 7.89. The summed E-state index contributed by atoms with van der Waals surface area (Å²) in [4.78, 5) is 11.6. The molecular formula is C16H23N3O3S. The lowest BCUT2D eigenvalue weighted by Gasteiger charge is -2.31. The summed E-state index contributed by atoms with van der Waals surface area (Å²) in [5, 5.41) is 2.77. The van der Waals surface area contributed by atoms with Crippen molar-refractivity contribution in [1.29, 1.82) is 0 Å². The monoisotopic (exact) mass is 337 g/mol. The van der Waals surface area contributed by atoms with Crippen molar-refractivity contribution in [3.8, 4) is 0 Å². The minimum absolute atomic E-state index is 0.0285. The van der Waals surface area contributed by atoms with Crippen LogP contribution < -0.4 is 15.8 Å². The zero-order valence-corrected chi connectivity index (χ0v) is 13.9. The van der Waals surface area contributed by atoms with Crippen molar-refractivity contribution in [2.45, 2.75) is 49.5 Å². The molecule has 1 aliphatic carbocycles. The first kappa shape index (κ1) is 16.4. The van der Waals surface area contributed by atoms with Gasteiger partial charge in [0.05, 0.1) is 4.90 Å². The second kappa shape index (κ2) is 6.59. The van der Waals surface area contributed by atoms with Gasteiger partial charge in [0, 0.05) is 18.2 Å². The minimum Gasteiger partial charge on any atom is -0.330 e. The van der Waals surface area contributed by atoms with Crippen LogP contribution >= 0.6 is 0 Å². The van der Waals surface area contributed by atoms with Crippen LogP contribution in [-0.2, 0) is 21.2 Å². The molecule has 1 aromatic carbocycles. The molecule has 3 rings (SSSR count). The highest BCUT2D eigenvalue weighted by Gasteiger charge is 2.29. The van der Waals surface area contributed by atoms with Gasteiger partial charge in [-0.05, 0) is 55.5 Å². The molecule has 1 heterocycles. The number of amides is 1. The summed E-state index contributed by atoms with van der Waals surface area (Å²) in [5.74, 6) is 0.176. The summed E-state index contributed by atoms with van der Waals surface area (Å²) in [6.45, 7) is 0.503. The molecule has 0 saturated heterocycles. The van der Waals surface area contributed by atoms with Crippen LogP contribution in [0.5, 0.6) is 0 Å². The maximum Gasteiger partial charge on any atom is 0.240 e. The van der Waals surface area contributed by atoms with Gasteiger partial charge in [-0.3, -0.25) is 4.79 Å². The smallest absolute Gasteiger partial charge is 0.240 e. The maximum absolute atomic E-state index is 12.7. The van der Waals surface area contributed by atoms with E-state index in [4.69, 9.17) is 5.73 Å². The fraction of sp³-hybridized carbons (Fsp3) is 0.562. The molecule has 0 radical (unpaired) electrons. The Labute approximate surface area is 136 Å². The third-order valence-corrected chi connectivity index (χ3v) is 6.29. The molecule has 0 bridgehead atoms. The highest BCUT2D eigenvalue weighted by atomic mass is 32.2. The SMILES string of the molecule is NC[C@@H]1CCCC[C@@H]1NS(=O)(=O)c1ccc2c(c1)CCC(=O)N2. The number of carbonyl (C=O) groups excluding carboxylic acids is 1. The van der Waals surface area contributed by atoms with Crippen molar-refractivity contribution >= 4 is 21.6 Å². The van der Waals surface area contributed by atoms with Crippen LogP contribution in [0.4, 0.5) is 5.69 Å². The number of sulfonamides is 1. The van der Waals surface area contributed by atoms with Gasteiger partial charge in [-0.25, -0.2) is 13.1 Å². The summed E-state index contributed by atoms with van der Waals surface area (Å²) in [5.41, 5.74) is 7.35. The normalized spacial score (nSPS) is 24.8. The van der Waals surface area contributed by atoms with Gasteiger partial charge < -0.3 is 11.1 Å². The lowest BCUT2D eigenvalue weighted by Crippen LogP contribution is -2.44. The van der Waals surface area contributed by atoms with Crippen LogP contribution in [0.2, 0.25) is 0 Å². The van der Waals surface area contributed by atoms with Gasteiger partial charge in [-0.1, -0.05) is 12.8 Å². The molecule has 1 aliphatic heterocycles. The molecule has 23 heavy (non-hydrogen) atoms. The molecule has 2 atom stereocenters. The number of benzene rings is 1. The van der Waals surface area contributed by atoms with Crippen LogP contribution in [0.1, 0.15) is 37.7 Å². The Hall–Kier alpha value is -1.44. The zero-order chi connectivity index (χ0) is 16.4. The number of hydrogen-bond acceptors (Lipinski definition) is 4. The molecular weight excluding hydrogens is 314 g/mol. The first-order chi connectivity index (χ1) is 11.0. The van der Waals surface area contributed by atoms with Crippen molar-refractivity contribution in [3.05, 3.63) is 23.8 Å². The number of nitrogens with one attached hydrogen (secondary N) is 2. The van der Waals surface area contributed by atoms with E-state index in [9.17, 15) is 13.2 Å². The van der Waals surface area contributed by atoms with Crippen molar-refractivity contribution in [1.82, 2.24) is 4.72 Å².